The van der Waals surface area contributed by atoms with E-state index in [4.69, 9.17) is 0 Å². The topological polar surface area (TPSA) is 66.9 Å². The maximum atomic E-state index is 12.8. The summed E-state index contributed by atoms with van der Waals surface area (Å²) in [5.41, 5.74) is 2.08. The van der Waals surface area contributed by atoms with Crippen molar-refractivity contribution in [1.29, 1.82) is 0 Å². The molecule has 0 spiro atoms. The summed E-state index contributed by atoms with van der Waals surface area (Å²) in [6, 6.07) is 14.1. The lowest BCUT2D eigenvalue weighted by atomic mass is 10.0. The second-order valence-corrected chi connectivity index (χ2v) is 7.51. The quantitative estimate of drug-likeness (QED) is 0.413. The predicted octanol–water partition coefficient (Wildman–Crippen LogP) is 6.08. The first-order valence-electron chi connectivity index (χ1n) is 8.87. The molecule has 9 heteroatoms. The first-order valence-corrected chi connectivity index (χ1v) is 9.69. The molecule has 0 saturated heterocycles. The number of rotatable bonds is 4. The number of pyridine rings is 1. The predicted molar refractivity (Wildman–Crippen MR) is 112 cm³/mol. The van der Waals surface area contributed by atoms with Gasteiger partial charge in [-0.15, -0.1) is 0 Å². The first-order chi connectivity index (χ1) is 14.3. The number of aromatic nitrogens is 2. The van der Waals surface area contributed by atoms with Gasteiger partial charge >= 0.3 is 6.18 Å². The first kappa shape index (κ1) is 19.8. The molecule has 0 bridgehead atoms. The summed E-state index contributed by atoms with van der Waals surface area (Å²) < 4.78 is 39.2. The fourth-order valence-corrected chi connectivity index (χ4v) is 3.86. The molecule has 0 aliphatic rings. The number of hydrogen-bond acceptors (Lipinski definition) is 5. The van der Waals surface area contributed by atoms with Crippen molar-refractivity contribution in [1.82, 2.24) is 9.97 Å². The highest BCUT2D eigenvalue weighted by molar-refractivity contribution is 7.22. The van der Waals surface area contributed by atoms with Crippen molar-refractivity contribution >= 4 is 44.1 Å². The Bertz CT molecular complexity index is 1220. The number of nitrogens with zero attached hydrogens (tertiary/aromatic N) is 2. The number of carbonyl (C=O) groups excluding carboxylic acids is 1. The molecule has 2 heterocycles. The summed E-state index contributed by atoms with van der Waals surface area (Å²) in [7, 11) is 0. The number of halogens is 3. The van der Waals surface area contributed by atoms with Gasteiger partial charge < -0.3 is 10.6 Å². The number of anilines is 3. The summed E-state index contributed by atoms with van der Waals surface area (Å²) in [4.78, 5) is 20.0. The smallest absolute Gasteiger partial charge is 0.338 e. The summed E-state index contributed by atoms with van der Waals surface area (Å²) in [6.07, 6.45) is -2.79. The molecule has 5 nitrogen and oxygen atoms in total. The number of hydrogen-bond donors (Lipinski definition) is 2. The van der Waals surface area contributed by atoms with Crippen LogP contribution in [0.5, 0.6) is 0 Å². The largest absolute Gasteiger partial charge is 0.416 e. The Morgan fingerprint density at radius 3 is 2.50 bits per heavy atom. The van der Waals surface area contributed by atoms with Crippen molar-refractivity contribution in [2.75, 3.05) is 10.6 Å². The van der Waals surface area contributed by atoms with Crippen LogP contribution in [0.3, 0.4) is 0 Å². The van der Waals surface area contributed by atoms with Crippen LogP contribution < -0.4 is 10.6 Å². The Kier molecular flexibility index (Phi) is 5.13. The number of fused-ring (bicyclic) bond motifs is 1. The second kappa shape index (κ2) is 7.75. The number of benzene rings is 2. The number of alkyl halides is 3. The molecule has 0 atom stereocenters. The standard InChI is InChI=1S/C21H15F3N4OS/c1-12(29)26-20-28-19-16(3-2-4-17(19)30-20)27-18-11-14(9-10-25-18)13-5-7-15(8-6-13)21(22,23)24/h2-11H,1H3,(H,25,27)(H,26,28,29). The van der Waals surface area contributed by atoms with Gasteiger partial charge in [-0.2, -0.15) is 13.2 Å². The fraction of sp³-hybridized carbons (Fsp3) is 0.0952. The molecule has 0 saturated carbocycles. The van der Waals surface area contributed by atoms with Crippen molar-refractivity contribution in [2.24, 2.45) is 0 Å². The van der Waals surface area contributed by atoms with E-state index >= 15 is 0 Å². The molecule has 152 valence electrons. The van der Waals surface area contributed by atoms with Gasteiger partial charge in [0.2, 0.25) is 5.91 Å². The molecule has 0 aliphatic heterocycles. The van der Waals surface area contributed by atoms with Crippen molar-refractivity contribution in [2.45, 2.75) is 13.1 Å². The van der Waals surface area contributed by atoms with E-state index in [2.05, 4.69) is 20.6 Å². The molecule has 30 heavy (non-hydrogen) atoms. The lowest BCUT2D eigenvalue weighted by molar-refractivity contribution is -0.137. The van der Waals surface area contributed by atoms with E-state index in [1.165, 1.54) is 30.4 Å². The molecule has 2 N–H and O–H groups in total. The number of amides is 1. The second-order valence-electron chi connectivity index (χ2n) is 6.48. The average Bonchev–Trinajstić information content (AvgIpc) is 3.10. The Labute approximate surface area is 173 Å². The Hall–Kier alpha value is -3.46. The molecular weight excluding hydrogens is 413 g/mol. The van der Waals surface area contributed by atoms with Crippen molar-refractivity contribution < 1.29 is 18.0 Å². The monoisotopic (exact) mass is 428 g/mol. The Morgan fingerprint density at radius 2 is 1.80 bits per heavy atom. The SMILES string of the molecule is CC(=O)Nc1nc2c(Nc3cc(-c4ccc(C(F)(F)F)cc4)ccn3)cccc2s1. The zero-order valence-corrected chi connectivity index (χ0v) is 16.4. The number of nitrogens with one attached hydrogen (secondary N) is 2. The van der Waals surface area contributed by atoms with E-state index in [1.54, 1.807) is 18.3 Å². The van der Waals surface area contributed by atoms with Gasteiger partial charge in [-0.3, -0.25) is 4.79 Å². The molecule has 0 aliphatic carbocycles. The van der Waals surface area contributed by atoms with Gasteiger partial charge in [-0.05, 0) is 47.5 Å². The average molecular weight is 428 g/mol. The van der Waals surface area contributed by atoms with Gasteiger partial charge in [0.1, 0.15) is 11.3 Å². The summed E-state index contributed by atoms with van der Waals surface area (Å²) in [5.74, 6) is 0.323. The molecule has 2 aromatic carbocycles. The van der Waals surface area contributed by atoms with E-state index in [0.29, 0.717) is 27.7 Å². The Balaban J connectivity index is 1.62. The van der Waals surface area contributed by atoms with E-state index in [1.807, 2.05) is 18.2 Å². The highest BCUT2D eigenvalue weighted by Gasteiger charge is 2.29. The van der Waals surface area contributed by atoms with Gasteiger partial charge in [-0.1, -0.05) is 29.5 Å². The van der Waals surface area contributed by atoms with E-state index in [9.17, 15) is 18.0 Å². The minimum Gasteiger partial charge on any atom is -0.338 e. The van der Waals surface area contributed by atoms with Crippen molar-refractivity contribution in [3.63, 3.8) is 0 Å². The molecule has 0 unspecified atom stereocenters. The van der Waals surface area contributed by atoms with Crippen LogP contribution in [0.1, 0.15) is 12.5 Å². The maximum Gasteiger partial charge on any atom is 0.416 e. The third kappa shape index (κ3) is 4.25. The molecule has 4 rings (SSSR count). The van der Waals surface area contributed by atoms with Crippen LogP contribution in [-0.2, 0) is 11.0 Å². The van der Waals surface area contributed by atoms with Crippen LogP contribution in [0.4, 0.5) is 29.8 Å². The van der Waals surface area contributed by atoms with Crippen molar-refractivity contribution in [3.05, 3.63) is 66.4 Å². The molecule has 1 amide bonds. The third-order valence-electron chi connectivity index (χ3n) is 4.27. The minimum atomic E-state index is -4.37. The lowest BCUT2D eigenvalue weighted by Crippen LogP contribution is -2.04. The van der Waals surface area contributed by atoms with Crippen LogP contribution >= 0.6 is 11.3 Å². The molecule has 4 aromatic rings. The van der Waals surface area contributed by atoms with Gasteiger partial charge in [0.05, 0.1) is 16.0 Å². The van der Waals surface area contributed by atoms with Gasteiger partial charge in [0.15, 0.2) is 5.13 Å². The fourth-order valence-electron chi connectivity index (χ4n) is 2.92. The van der Waals surface area contributed by atoms with Gasteiger partial charge in [-0.25, -0.2) is 9.97 Å². The third-order valence-corrected chi connectivity index (χ3v) is 5.21. The van der Waals surface area contributed by atoms with E-state index in [-0.39, 0.29) is 5.91 Å². The van der Waals surface area contributed by atoms with Gasteiger partial charge in [0, 0.05) is 13.1 Å². The molecule has 0 radical (unpaired) electrons. The molecule has 2 aromatic heterocycles. The molecule has 0 fully saturated rings. The van der Waals surface area contributed by atoms with E-state index in [0.717, 1.165) is 22.4 Å². The summed E-state index contributed by atoms with van der Waals surface area (Å²) in [6.45, 7) is 1.42. The van der Waals surface area contributed by atoms with Crippen LogP contribution in [0.2, 0.25) is 0 Å². The van der Waals surface area contributed by atoms with Crippen LogP contribution in [0.25, 0.3) is 21.3 Å². The van der Waals surface area contributed by atoms with E-state index < -0.39 is 11.7 Å². The zero-order valence-electron chi connectivity index (χ0n) is 15.6. The van der Waals surface area contributed by atoms with Crippen LogP contribution in [0.15, 0.2) is 60.8 Å². The van der Waals surface area contributed by atoms with Crippen LogP contribution in [-0.4, -0.2) is 15.9 Å². The van der Waals surface area contributed by atoms with Crippen molar-refractivity contribution in [3.8, 4) is 11.1 Å². The Morgan fingerprint density at radius 1 is 1.03 bits per heavy atom. The lowest BCUT2D eigenvalue weighted by Gasteiger charge is -2.10. The number of para-hydroxylation sites is 1. The number of thiazole rings is 1. The number of carbonyl (C=O) groups is 1. The zero-order chi connectivity index (χ0) is 21.3. The van der Waals surface area contributed by atoms with Gasteiger partial charge in [0.25, 0.3) is 0 Å². The highest BCUT2D eigenvalue weighted by Crippen LogP contribution is 2.34. The van der Waals surface area contributed by atoms with Crippen LogP contribution in [0, 0.1) is 0 Å². The minimum absolute atomic E-state index is 0.200. The summed E-state index contributed by atoms with van der Waals surface area (Å²) in [5, 5.41) is 6.37. The highest BCUT2D eigenvalue weighted by atomic mass is 32.1. The summed E-state index contributed by atoms with van der Waals surface area (Å²) >= 11 is 1.36. The molecular formula is C21H15F3N4OS. The maximum absolute atomic E-state index is 12.8. The normalized spacial score (nSPS) is 11.5.